The molecule has 0 fully saturated rings. The number of rotatable bonds is 9. The molecule has 0 amide bonds. The summed E-state index contributed by atoms with van der Waals surface area (Å²) in [5, 5.41) is 11.2. The lowest BCUT2D eigenvalue weighted by Crippen LogP contribution is -2.23. The van der Waals surface area contributed by atoms with Crippen LogP contribution in [0.4, 0.5) is 5.69 Å². The van der Waals surface area contributed by atoms with Crippen LogP contribution in [0, 0.1) is 17.0 Å². The number of hydrogen-bond donors (Lipinski definition) is 1. The minimum Gasteiger partial charge on any atom is -0.467 e. The van der Waals surface area contributed by atoms with Crippen molar-refractivity contribution in [1.29, 1.82) is 0 Å². The third kappa shape index (κ3) is 5.45. The standard InChI is InChI=1S/C20H19ClN2O6S/c1-14-19(21)9-18(10-20(14)23(24)25)30(26,27)22-11-15-4-2-5-16(8-15)12-28-13-17-6-3-7-29-17/h2-10,22H,11-13H2,1H3. The van der Waals surface area contributed by atoms with Crippen molar-refractivity contribution in [3.05, 3.63) is 92.4 Å². The first-order valence-electron chi connectivity index (χ1n) is 8.88. The Bertz CT molecular complexity index is 1150. The Hall–Kier alpha value is -2.72. The minimum absolute atomic E-state index is 0.00759. The lowest BCUT2D eigenvalue weighted by Gasteiger charge is -2.10. The first-order valence-corrected chi connectivity index (χ1v) is 10.7. The number of nitrogens with one attached hydrogen (secondary N) is 1. The van der Waals surface area contributed by atoms with E-state index < -0.39 is 14.9 Å². The summed E-state index contributed by atoms with van der Waals surface area (Å²) in [4.78, 5) is 10.2. The second kappa shape index (κ2) is 9.40. The predicted molar refractivity (Wildman–Crippen MR) is 111 cm³/mol. The third-order valence-corrected chi connectivity index (χ3v) is 6.12. The molecule has 0 aliphatic rings. The fraction of sp³-hybridized carbons (Fsp3) is 0.200. The zero-order valence-corrected chi connectivity index (χ0v) is 17.6. The zero-order chi connectivity index (χ0) is 21.7. The van der Waals surface area contributed by atoms with E-state index in [1.165, 1.54) is 13.0 Å². The van der Waals surface area contributed by atoms with Crippen molar-refractivity contribution in [1.82, 2.24) is 4.72 Å². The summed E-state index contributed by atoms with van der Waals surface area (Å²) in [5.74, 6) is 0.713. The Morgan fingerprint density at radius 1 is 1.13 bits per heavy atom. The van der Waals surface area contributed by atoms with Gasteiger partial charge in [0.1, 0.15) is 12.4 Å². The number of sulfonamides is 1. The Labute approximate surface area is 178 Å². The monoisotopic (exact) mass is 450 g/mol. The van der Waals surface area contributed by atoms with Gasteiger partial charge in [0.05, 0.1) is 27.7 Å². The van der Waals surface area contributed by atoms with E-state index in [1.54, 1.807) is 24.5 Å². The zero-order valence-electron chi connectivity index (χ0n) is 16.0. The number of nitrogens with zero attached hydrogens (tertiary/aromatic N) is 1. The van der Waals surface area contributed by atoms with Gasteiger partial charge in [0.2, 0.25) is 10.0 Å². The molecule has 10 heteroatoms. The summed E-state index contributed by atoms with van der Waals surface area (Å²) in [5.41, 5.74) is 1.44. The molecule has 0 aliphatic heterocycles. The van der Waals surface area contributed by atoms with Gasteiger partial charge in [0, 0.05) is 18.2 Å². The molecule has 1 N–H and O–H groups in total. The normalized spacial score (nSPS) is 11.5. The van der Waals surface area contributed by atoms with Crippen molar-refractivity contribution < 1.29 is 22.5 Å². The molecule has 2 aromatic carbocycles. The lowest BCUT2D eigenvalue weighted by molar-refractivity contribution is -0.385. The van der Waals surface area contributed by atoms with Gasteiger partial charge >= 0.3 is 0 Å². The summed E-state index contributed by atoms with van der Waals surface area (Å²) in [7, 11) is -4.00. The van der Waals surface area contributed by atoms with Gasteiger partial charge in [-0.1, -0.05) is 35.9 Å². The van der Waals surface area contributed by atoms with Crippen molar-refractivity contribution in [3.63, 3.8) is 0 Å². The highest BCUT2D eigenvalue weighted by atomic mass is 35.5. The Morgan fingerprint density at radius 2 is 1.90 bits per heavy atom. The predicted octanol–water partition coefficient (Wildman–Crippen LogP) is 4.34. The molecule has 0 saturated carbocycles. The lowest BCUT2D eigenvalue weighted by atomic mass is 10.1. The van der Waals surface area contributed by atoms with Crippen LogP contribution in [0.25, 0.3) is 0 Å². The van der Waals surface area contributed by atoms with Gasteiger partial charge < -0.3 is 9.15 Å². The van der Waals surface area contributed by atoms with Gasteiger partial charge in [0.15, 0.2) is 0 Å². The second-order valence-corrected chi connectivity index (χ2v) is 8.70. The highest BCUT2D eigenvalue weighted by Gasteiger charge is 2.22. The van der Waals surface area contributed by atoms with Gasteiger partial charge in [0.25, 0.3) is 5.69 Å². The summed E-state index contributed by atoms with van der Waals surface area (Å²) >= 11 is 5.98. The van der Waals surface area contributed by atoms with Crippen LogP contribution < -0.4 is 4.72 Å². The highest BCUT2D eigenvalue weighted by Crippen LogP contribution is 2.29. The maximum atomic E-state index is 12.6. The summed E-state index contributed by atoms with van der Waals surface area (Å²) in [6, 6.07) is 13.0. The van der Waals surface area contributed by atoms with E-state index in [4.69, 9.17) is 20.8 Å². The fourth-order valence-electron chi connectivity index (χ4n) is 2.74. The first-order chi connectivity index (χ1) is 14.3. The van der Waals surface area contributed by atoms with E-state index >= 15 is 0 Å². The summed E-state index contributed by atoms with van der Waals surface area (Å²) in [6.45, 7) is 2.13. The average Bonchev–Trinajstić information content (AvgIpc) is 3.22. The molecule has 0 spiro atoms. The molecule has 1 heterocycles. The van der Waals surface area contributed by atoms with Gasteiger partial charge in [-0.15, -0.1) is 0 Å². The number of nitro groups is 1. The summed E-state index contributed by atoms with van der Waals surface area (Å²) in [6.07, 6.45) is 1.57. The number of benzene rings is 2. The smallest absolute Gasteiger partial charge is 0.275 e. The van der Waals surface area contributed by atoms with Crippen LogP contribution in [0.1, 0.15) is 22.5 Å². The number of ether oxygens (including phenoxy) is 1. The van der Waals surface area contributed by atoms with Crippen LogP contribution in [-0.4, -0.2) is 13.3 Å². The molecule has 3 rings (SSSR count). The van der Waals surface area contributed by atoms with Gasteiger partial charge in [-0.25, -0.2) is 13.1 Å². The second-order valence-electron chi connectivity index (χ2n) is 6.52. The van der Waals surface area contributed by atoms with E-state index in [-0.39, 0.29) is 27.7 Å². The molecule has 0 saturated heterocycles. The van der Waals surface area contributed by atoms with Crippen LogP contribution in [0.5, 0.6) is 0 Å². The van der Waals surface area contributed by atoms with Crippen molar-refractivity contribution in [2.45, 2.75) is 31.6 Å². The quantitative estimate of drug-likeness (QED) is 0.383. The van der Waals surface area contributed by atoms with Crippen LogP contribution in [0.2, 0.25) is 5.02 Å². The van der Waals surface area contributed by atoms with E-state index in [1.807, 2.05) is 18.2 Å². The van der Waals surface area contributed by atoms with Crippen molar-refractivity contribution >= 4 is 27.3 Å². The average molecular weight is 451 g/mol. The van der Waals surface area contributed by atoms with E-state index in [0.717, 1.165) is 11.6 Å². The number of furan rings is 1. The molecule has 0 unspecified atom stereocenters. The topological polar surface area (TPSA) is 112 Å². The van der Waals surface area contributed by atoms with Crippen LogP contribution >= 0.6 is 11.6 Å². The number of nitro benzene ring substituents is 1. The van der Waals surface area contributed by atoms with Gasteiger partial charge in [-0.05, 0) is 36.2 Å². The highest BCUT2D eigenvalue weighted by molar-refractivity contribution is 7.89. The molecule has 0 bridgehead atoms. The van der Waals surface area contributed by atoms with Crippen LogP contribution in [0.15, 0.2) is 64.1 Å². The van der Waals surface area contributed by atoms with Crippen molar-refractivity contribution in [2.75, 3.05) is 0 Å². The fourth-order valence-corrected chi connectivity index (χ4v) is 4.08. The van der Waals surface area contributed by atoms with Crippen LogP contribution in [-0.2, 0) is 34.5 Å². The molecular formula is C20H19ClN2O6S. The van der Waals surface area contributed by atoms with Gasteiger partial charge in [-0.3, -0.25) is 10.1 Å². The van der Waals surface area contributed by atoms with E-state index in [0.29, 0.717) is 24.5 Å². The molecule has 0 atom stereocenters. The van der Waals surface area contributed by atoms with Crippen molar-refractivity contribution in [2.24, 2.45) is 0 Å². The van der Waals surface area contributed by atoms with Crippen molar-refractivity contribution in [3.8, 4) is 0 Å². The van der Waals surface area contributed by atoms with E-state index in [9.17, 15) is 18.5 Å². The number of halogens is 1. The Morgan fingerprint density at radius 3 is 2.60 bits per heavy atom. The Balaban J connectivity index is 1.66. The minimum atomic E-state index is -4.00. The van der Waals surface area contributed by atoms with Crippen LogP contribution in [0.3, 0.4) is 0 Å². The molecule has 8 nitrogen and oxygen atoms in total. The molecule has 30 heavy (non-hydrogen) atoms. The largest absolute Gasteiger partial charge is 0.467 e. The Kier molecular flexibility index (Phi) is 6.88. The first kappa shape index (κ1) is 22.0. The maximum absolute atomic E-state index is 12.6. The SMILES string of the molecule is Cc1c(Cl)cc(S(=O)(=O)NCc2cccc(COCc3ccco3)c2)cc1[N+](=O)[O-]. The van der Waals surface area contributed by atoms with Gasteiger partial charge in [-0.2, -0.15) is 0 Å². The molecule has 0 radical (unpaired) electrons. The molecule has 3 aromatic rings. The van der Waals surface area contributed by atoms with E-state index in [2.05, 4.69) is 4.72 Å². The molecular weight excluding hydrogens is 432 g/mol. The maximum Gasteiger partial charge on any atom is 0.275 e. The summed E-state index contributed by atoms with van der Waals surface area (Å²) < 4.78 is 38.4. The number of hydrogen-bond acceptors (Lipinski definition) is 6. The molecule has 1 aromatic heterocycles. The molecule has 158 valence electrons. The third-order valence-electron chi connectivity index (χ3n) is 4.35. The molecule has 0 aliphatic carbocycles.